The molecule has 1 amide bonds. The first-order valence-electron chi connectivity index (χ1n) is 5.08. The zero-order valence-corrected chi connectivity index (χ0v) is 9.54. The summed E-state index contributed by atoms with van der Waals surface area (Å²) in [6, 6.07) is -1.26. The Morgan fingerprint density at radius 2 is 2.11 bits per heavy atom. The molecule has 1 aromatic rings. The molecule has 0 aliphatic rings. The Labute approximate surface area is 102 Å². The Balaban J connectivity index is 2.67. The number of aromatic nitrogens is 1. The number of hydrogen-bond donors (Lipinski definition) is 3. The number of carboxylic acids is 2. The number of rotatable bonds is 6. The van der Waals surface area contributed by atoms with Gasteiger partial charge in [0.15, 0.2) is 0 Å². The van der Waals surface area contributed by atoms with E-state index in [0.29, 0.717) is 0 Å². The van der Waals surface area contributed by atoms with E-state index in [4.69, 9.17) is 10.2 Å². The van der Waals surface area contributed by atoms with E-state index in [1.165, 1.54) is 13.1 Å². The van der Waals surface area contributed by atoms with Gasteiger partial charge in [0.1, 0.15) is 17.4 Å². The van der Waals surface area contributed by atoms with Gasteiger partial charge in [-0.1, -0.05) is 5.16 Å². The van der Waals surface area contributed by atoms with E-state index in [9.17, 15) is 14.4 Å². The van der Waals surface area contributed by atoms with Crippen LogP contribution in [0.1, 0.15) is 29.0 Å². The quantitative estimate of drug-likeness (QED) is 0.654. The first-order valence-corrected chi connectivity index (χ1v) is 5.08. The lowest BCUT2D eigenvalue weighted by Gasteiger charge is -2.12. The van der Waals surface area contributed by atoms with Gasteiger partial charge in [0.25, 0.3) is 5.91 Å². The summed E-state index contributed by atoms with van der Waals surface area (Å²) in [5.74, 6) is -2.82. The Kier molecular flexibility index (Phi) is 4.41. The molecule has 8 heteroatoms. The zero-order chi connectivity index (χ0) is 13.7. The third kappa shape index (κ3) is 3.58. The standard InChI is InChI=1S/C10H12N2O6/c1-5-6(4-11-18-5)9(15)12-7(10(16)17)2-3-8(13)14/h4,7H,2-3H2,1H3,(H,12,15)(H,13,14)(H,16,17)/t7-/m0/s1. The van der Waals surface area contributed by atoms with Crippen LogP contribution in [0, 0.1) is 6.92 Å². The SMILES string of the molecule is Cc1oncc1C(=O)N[C@@H](CCC(=O)O)C(=O)O. The van der Waals surface area contributed by atoms with Crippen molar-refractivity contribution in [3.05, 3.63) is 17.5 Å². The Morgan fingerprint density at radius 3 is 2.56 bits per heavy atom. The van der Waals surface area contributed by atoms with Crippen LogP contribution in [0.15, 0.2) is 10.7 Å². The van der Waals surface area contributed by atoms with Crippen LogP contribution in [0.25, 0.3) is 0 Å². The third-order valence-electron chi connectivity index (χ3n) is 2.25. The van der Waals surface area contributed by atoms with Crippen molar-refractivity contribution in [2.75, 3.05) is 0 Å². The minimum Gasteiger partial charge on any atom is -0.481 e. The normalized spacial score (nSPS) is 11.8. The van der Waals surface area contributed by atoms with Crippen LogP contribution in [0.3, 0.4) is 0 Å². The maximum absolute atomic E-state index is 11.7. The van der Waals surface area contributed by atoms with E-state index in [-0.39, 0.29) is 24.2 Å². The van der Waals surface area contributed by atoms with Crippen LogP contribution in [-0.4, -0.2) is 39.3 Å². The third-order valence-corrected chi connectivity index (χ3v) is 2.25. The lowest BCUT2D eigenvalue weighted by atomic mass is 10.1. The average Bonchev–Trinajstić information content (AvgIpc) is 2.69. The number of amides is 1. The summed E-state index contributed by atoms with van der Waals surface area (Å²) in [6.07, 6.45) is 0.626. The molecule has 0 aliphatic carbocycles. The van der Waals surface area contributed by atoms with Crippen molar-refractivity contribution < 1.29 is 29.1 Å². The van der Waals surface area contributed by atoms with Crippen LogP contribution in [-0.2, 0) is 9.59 Å². The minimum atomic E-state index is -1.29. The summed E-state index contributed by atoms with van der Waals surface area (Å²) in [7, 11) is 0. The minimum absolute atomic E-state index is 0.122. The number of carbonyl (C=O) groups is 3. The lowest BCUT2D eigenvalue weighted by Crippen LogP contribution is -2.41. The molecule has 18 heavy (non-hydrogen) atoms. The van der Waals surface area contributed by atoms with Gasteiger partial charge in [-0.15, -0.1) is 0 Å². The summed E-state index contributed by atoms with van der Waals surface area (Å²) in [5.41, 5.74) is 0.122. The second kappa shape index (κ2) is 5.80. The molecule has 3 N–H and O–H groups in total. The highest BCUT2D eigenvalue weighted by molar-refractivity contribution is 5.97. The Hall–Kier alpha value is -2.38. The summed E-state index contributed by atoms with van der Waals surface area (Å²) in [4.78, 5) is 32.9. The fourth-order valence-corrected chi connectivity index (χ4v) is 1.28. The molecule has 8 nitrogen and oxygen atoms in total. The highest BCUT2D eigenvalue weighted by atomic mass is 16.5. The van der Waals surface area contributed by atoms with Crippen molar-refractivity contribution in [1.82, 2.24) is 10.5 Å². The van der Waals surface area contributed by atoms with E-state index in [2.05, 4.69) is 15.0 Å². The zero-order valence-electron chi connectivity index (χ0n) is 9.54. The van der Waals surface area contributed by atoms with E-state index in [1.807, 2.05) is 0 Å². The molecule has 1 rings (SSSR count). The molecule has 0 saturated carbocycles. The van der Waals surface area contributed by atoms with Crippen molar-refractivity contribution in [3.63, 3.8) is 0 Å². The topological polar surface area (TPSA) is 130 Å². The van der Waals surface area contributed by atoms with Crippen molar-refractivity contribution in [1.29, 1.82) is 0 Å². The van der Waals surface area contributed by atoms with Crippen molar-refractivity contribution >= 4 is 17.8 Å². The molecule has 0 fully saturated rings. The maximum Gasteiger partial charge on any atom is 0.326 e. The predicted molar refractivity (Wildman–Crippen MR) is 57.0 cm³/mol. The van der Waals surface area contributed by atoms with Crippen LogP contribution < -0.4 is 5.32 Å². The average molecular weight is 256 g/mol. The maximum atomic E-state index is 11.7. The van der Waals surface area contributed by atoms with E-state index in [0.717, 1.165) is 0 Å². The van der Waals surface area contributed by atoms with Crippen LogP contribution in [0.5, 0.6) is 0 Å². The van der Waals surface area contributed by atoms with E-state index in [1.54, 1.807) is 0 Å². The first-order chi connectivity index (χ1) is 8.41. The molecule has 0 saturated heterocycles. The fraction of sp³-hybridized carbons (Fsp3) is 0.400. The van der Waals surface area contributed by atoms with Gasteiger partial charge >= 0.3 is 11.9 Å². The van der Waals surface area contributed by atoms with Crippen molar-refractivity contribution in [3.8, 4) is 0 Å². The number of nitrogens with zero attached hydrogens (tertiary/aromatic N) is 1. The predicted octanol–water partition coefficient (Wildman–Crippen LogP) is 0.0308. The van der Waals surface area contributed by atoms with Crippen molar-refractivity contribution in [2.45, 2.75) is 25.8 Å². The lowest BCUT2D eigenvalue weighted by molar-refractivity contribution is -0.140. The van der Waals surface area contributed by atoms with Crippen molar-refractivity contribution in [2.24, 2.45) is 0 Å². The molecular weight excluding hydrogens is 244 g/mol. The molecule has 98 valence electrons. The fourth-order valence-electron chi connectivity index (χ4n) is 1.28. The Bertz CT molecular complexity index is 467. The number of aliphatic carboxylic acids is 2. The van der Waals surface area contributed by atoms with Gasteiger partial charge in [-0.05, 0) is 13.3 Å². The monoisotopic (exact) mass is 256 g/mol. The summed E-state index contributed by atoms with van der Waals surface area (Å²) >= 11 is 0. The van der Waals surface area contributed by atoms with Gasteiger partial charge in [-0.3, -0.25) is 9.59 Å². The van der Waals surface area contributed by atoms with Crippen LogP contribution in [0.2, 0.25) is 0 Å². The molecule has 0 aromatic carbocycles. The van der Waals surface area contributed by atoms with E-state index < -0.39 is 23.9 Å². The summed E-state index contributed by atoms with van der Waals surface area (Å²) < 4.78 is 4.67. The molecule has 0 unspecified atom stereocenters. The van der Waals surface area contributed by atoms with E-state index >= 15 is 0 Å². The van der Waals surface area contributed by atoms with Gasteiger partial charge in [0.2, 0.25) is 0 Å². The highest BCUT2D eigenvalue weighted by Gasteiger charge is 2.23. The first kappa shape index (κ1) is 13.7. The second-order valence-electron chi connectivity index (χ2n) is 3.59. The number of aryl methyl sites for hydroxylation is 1. The molecule has 0 radical (unpaired) electrons. The highest BCUT2D eigenvalue weighted by Crippen LogP contribution is 2.07. The number of carbonyl (C=O) groups excluding carboxylic acids is 1. The van der Waals surface area contributed by atoms with Gasteiger partial charge in [0.05, 0.1) is 6.20 Å². The number of hydrogen-bond acceptors (Lipinski definition) is 5. The number of nitrogens with one attached hydrogen (secondary N) is 1. The molecule has 1 atom stereocenters. The smallest absolute Gasteiger partial charge is 0.326 e. The van der Waals surface area contributed by atoms with Gasteiger partial charge in [0, 0.05) is 6.42 Å². The molecule has 1 heterocycles. The largest absolute Gasteiger partial charge is 0.481 e. The summed E-state index contributed by atoms with van der Waals surface area (Å²) in [6.45, 7) is 1.51. The van der Waals surface area contributed by atoms with Crippen LogP contribution >= 0.6 is 0 Å². The van der Waals surface area contributed by atoms with Gasteiger partial charge in [-0.25, -0.2) is 4.79 Å². The summed E-state index contributed by atoms with van der Waals surface area (Å²) in [5, 5.41) is 22.9. The molecular formula is C10H12N2O6. The molecule has 0 bridgehead atoms. The van der Waals surface area contributed by atoms with Gasteiger partial charge < -0.3 is 20.1 Å². The van der Waals surface area contributed by atoms with Crippen LogP contribution in [0.4, 0.5) is 0 Å². The number of carboxylic acid groups (broad SMARTS) is 2. The molecule has 1 aromatic heterocycles. The molecule has 0 aliphatic heterocycles. The van der Waals surface area contributed by atoms with Gasteiger partial charge in [-0.2, -0.15) is 0 Å². The second-order valence-corrected chi connectivity index (χ2v) is 3.59. The Morgan fingerprint density at radius 1 is 1.44 bits per heavy atom. The molecule has 0 spiro atoms.